The summed E-state index contributed by atoms with van der Waals surface area (Å²) in [5.74, 6) is 0. The van der Waals surface area contributed by atoms with E-state index in [0.717, 1.165) is 22.7 Å². The van der Waals surface area contributed by atoms with Gasteiger partial charge in [0.2, 0.25) is 0 Å². The second-order valence-electron chi connectivity index (χ2n) is 18.4. The average Bonchev–Trinajstić information content (AvgIpc) is 3.34. The van der Waals surface area contributed by atoms with Crippen molar-refractivity contribution in [1.82, 2.24) is 0 Å². The summed E-state index contributed by atoms with van der Waals surface area (Å²) < 4.78 is 0. The molecule has 0 unspecified atom stereocenters. The Morgan fingerprint density at radius 3 is 0.906 bits per heavy atom. The fraction of sp³-hybridized carbons (Fsp3) is 0.194. The van der Waals surface area contributed by atoms with Crippen molar-refractivity contribution in [3.63, 3.8) is 0 Å². The Morgan fingerprint density at radius 1 is 0.328 bits per heavy atom. The summed E-state index contributed by atoms with van der Waals surface area (Å²) >= 11 is 0. The largest absolute Gasteiger partial charge is 0.309 e. The molecule has 2 saturated carbocycles. The first-order chi connectivity index (χ1) is 31.5. The second-order valence-corrected chi connectivity index (χ2v) is 18.4. The maximum absolute atomic E-state index is 2.55. The molecule has 314 valence electrons. The van der Waals surface area contributed by atoms with E-state index in [4.69, 9.17) is 0 Å². The lowest BCUT2D eigenvalue weighted by molar-refractivity contribution is 0.602. The molecule has 0 atom stereocenters. The van der Waals surface area contributed by atoms with Gasteiger partial charge in [0.05, 0.1) is 11.4 Å². The van der Waals surface area contributed by atoms with Crippen LogP contribution in [0.25, 0.3) is 55.2 Å². The van der Waals surface area contributed by atoms with Crippen LogP contribution in [0.2, 0.25) is 0 Å². The number of fused-ring (bicyclic) bond motifs is 4. The van der Waals surface area contributed by atoms with Gasteiger partial charge in [-0.2, -0.15) is 0 Å². The highest BCUT2D eigenvalue weighted by atomic mass is 15.2. The van der Waals surface area contributed by atoms with Gasteiger partial charge < -0.3 is 9.80 Å². The summed E-state index contributed by atoms with van der Waals surface area (Å²) in [4.78, 5) is 5.05. The lowest BCUT2D eigenvalue weighted by Crippen LogP contribution is -2.15. The van der Waals surface area contributed by atoms with Crippen molar-refractivity contribution in [3.8, 4) is 0 Å². The molecule has 2 aliphatic carbocycles. The molecule has 0 aromatic heterocycles. The molecule has 9 aromatic carbocycles. The fourth-order valence-corrected chi connectivity index (χ4v) is 10.4. The van der Waals surface area contributed by atoms with Gasteiger partial charge in [0, 0.05) is 44.3 Å². The van der Waals surface area contributed by atoms with Gasteiger partial charge >= 0.3 is 0 Å². The maximum atomic E-state index is 2.55. The quantitative estimate of drug-likeness (QED) is 0.111. The predicted molar refractivity (Wildman–Crippen MR) is 277 cm³/mol. The molecule has 0 amide bonds. The van der Waals surface area contributed by atoms with Crippen LogP contribution in [-0.2, 0) is 0 Å². The molecule has 0 aliphatic heterocycles. The lowest BCUT2D eigenvalue weighted by Gasteiger charge is -2.33. The number of benzene rings is 9. The van der Waals surface area contributed by atoms with Gasteiger partial charge in [-0.3, -0.25) is 0 Å². The Morgan fingerprint density at radius 2 is 0.609 bits per heavy atom. The minimum absolute atomic E-state index is 1.13. The highest BCUT2D eigenvalue weighted by molar-refractivity contribution is 6.27. The fourth-order valence-electron chi connectivity index (χ4n) is 10.4. The normalized spacial score (nSPS) is 14.3. The highest BCUT2D eigenvalue weighted by Crippen LogP contribution is 2.53. The molecule has 2 fully saturated rings. The third-order valence-electron chi connectivity index (χ3n) is 13.9. The molecule has 0 N–H and O–H groups in total. The van der Waals surface area contributed by atoms with Gasteiger partial charge in [0.15, 0.2) is 0 Å². The zero-order valence-corrected chi connectivity index (χ0v) is 37.3. The van der Waals surface area contributed by atoms with Crippen molar-refractivity contribution >= 4 is 89.4 Å². The Kier molecular flexibility index (Phi) is 10.8. The lowest BCUT2D eigenvalue weighted by atomic mass is 9.91. The summed E-state index contributed by atoms with van der Waals surface area (Å²) in [6.07, 6.45) is 17.6. The van der Waals surface area contributed by atoms with Crippen molar-refractivity contribution in [1.29, 1.82) is 0 Å². The van der Waals surface area contributed by atoms with Gasteiger partial charge in [-0.1, -0.05) is 144 Å². The molecule has 11 rings (SSSR count). The van der Waals surface area contributed by atoms with E-state index in [1.807, 2.05) is 0 Å². The number of rotatable bonds is 8. The van der Waals surface area contributed by atoms with Gasteiger partial charge in [-0.05, 0) is 171 Å². The van der Waals surface area contributed by atoms with Crippen LogP contribution in [0.15, 0.2) is 181 Å². The van der Waals surface area contributed by atoms with E-state index in [1.54, 1.807) is 11.1 Å². The van der Waals surface area contributed by atoms with E-state index in [1.165, 1.54) is 141 Å². The Balaban J connectivity index is 1.23. The topological polar surface area (TPSA) is 6.48 Å². The van der Waals surface area contributed by atoms with Crippen molar-refractivity contribution in [2.24, 2.45) is 0 Å². The maximum Gasteiger partial charge on any atom is 0.0620 e. The summed E-state index contributed by atoms with van der Waals surface area (Å²) in [6, 6.07) is 64.4. The highest BCUT2D eigenvalue weighted by Gasteiger charge is 2.27. The standard InChI is InChI=1S/C62H56N2/c1-43-21-29-53(30-22-43)63(54-31-23-44(2)24-32-54)61-57-39-49-17-9-11-19-51(49)41-59(57)62(60-42-52-20-12-10-18-50(52)40-58(60)61)64(55-33-25-47(26-34-55)37-45-13-5-3-6-14-45)56-35-27-48(28-36-56)38-46-15-7-4-8-16-46/h9-12,17-42H,3-8,13-16H2,1-2H3. The molecule has 2 heteroatoms. The molecule has 9 aromatic rings. The Hall–Kier alpha value is -6.90. The summed E-state index contributed by atoms with van der Waals surface area (Å²) in [5, 5.41) is 9.74. The minimum Gasteiger partial charge on any atom is -0.309 e. The Bertz CT molecular complexity index is 2980. The molecule has 0 heterocycles. The van der Waals surface area contributed by atoms with E-state index in [0.29, 0.717) is 0 Å². The van der Waals surface area contributed by atoms with Crippen LogP contribution in [0.1, 0.15) is 86.5 Å². The number of anilines is 6. The first-order valence-corrected chi connectivity index (χ1v) is 23.7. The summed E-state index contributed by atoms with van der Waals surface area (Å²) in [7, 11) is 0. The van der Waals surface area contributed by atoms with Crippen LogP contribution in [0.5, 0.6) is 0 Å². The van der Waals surface area contributed by atoms with Crippen LogP contribution < -0.4 is 9.80 Å². The average molecular weight is 829 g/mol. The van der Waals surface area contributed by atoms with E-state index in [2.05, 4.69) is 206 Å². The van der Waals surface area contributed by atoms with Gasteiger partial charge in [0.1, 0.15) is 0 Å². The van der Waals surface area contributed by atoms with Crippen molar-refractivity contribution in [2.45, 2.75) is 78.1 Å². The van der Waals surface area contributed by atoms with E-state index >= 15 is 0 Å². The molecular weight excluding hydrogens is 773 g/mol. The van der Waals surface area contributed by atoms with Gasteiger partial charge in [-0.25, -0.2) is 0 Å². The third kappa shape index (κ3) is 7.88. The summed E-state index contributed by atoms with van der Waals surface area (Å²) in [6.45, 7) is 4.34. The van der Waals surface area contributed by atoms with Crippen molar-refractivity contribution < 1.29 is 0 Å². The zero-order chi connectivity index (χ0) is 43.0. The van der Waals surface area contributed by atoms with E-state index < -0.39 is 0 Å². The van der Waals surface area contributed by atoms with Gasteiger partial charge in [-0.15, -0.1) is 0 Å². The molecule has 2 nitrogen and oxygen atoms in total. The minimum atomic E-state index is 1.13. The number of aryl methyl sites for hydroxylation is 2. The smallest absolute Gasteiger partial charge is 0.0620 e. The first kappa shape index (κ1) is 39.9. The SMILES string of the molecule is Cc1ccc(N(c2ccc(C)cc2)c2c3cc4ccccc4cc3c(N(c3ccc(C=C4CCCCC4)cc3)c3ccc(C=C4CCCCC4)cc3)c3cc4ccccc4cc23)cc1. The Labute approximate surface area is 378 Å². The molecule has 2 aliphatic rings. The van der Waals surface area contributed by atoms with E-state index in [9.17, 15) is 0 Å². The second kappa shape index (κ2) is 17.3. The van der Waals surface area contributed by atoms with Crippen molar-refractivity contribution in [2.75, 3.05) is 9.80 Å². The molecule has 0 spiro atoms. The van der Waals surface area contributed by atoms with Crippen LogP contribution in [-0.4, -0.2) is 0 Å². The monoisotopic (exact) mass is 828 g/mol. The predicted octanol–water partition coefficient (Wildman–Crippen LogP) is 18.6. The van der Waals surface area contributed by atoms with Crippen LogP contribution in [0.3, 0.4) is 0 Å². The molecular formula is C62H56N2. The van der Waals surface area contributed by atoms with Crippen LogP contribution in [0.4, 0.5) is 34.1 Å². The molecule has 64 heavy (non-hydrogen) atoms. The number of hydrogen-bond donors (Lipinski definition) is 0. The van der Waals surface area contributed by atoms with Crippen molar-refractivity contribution in [3.05, 3.63) is 203 Å². The van der Waals surface area contributed by atoms with Crippen LogP contribution in [0, 0.1) is 13.8 Å². The molecule has 0 radical (unpaired) electrons. The summed E-state index contributed by atoms with van der Waals surface area (Å²) in [5.41, 5.74) is 15.1. The number of nitrogens with zero attached hydrogens (tertiary/aromatic N) is 2. The molecule has 0 saturated heterocycles. The van der Waals surface area contributed by atoms with E-state index in [-0.39, 0.29) is 0 Å². The number of hydrogen-bond acceptors (Lipinski definition) is 2. The van der Waals surface area contributed by atoms with Crippen LogP contribution >= 0.6 is 0 Å². The third-order valence-corrected chi connectivity index (χ3v) is 13.9. The molecule has 0 bridgehead atoms. The zero-order valence-electron chi connectivity index (χ0n) is 37.3. The van der Waals surface area contributed by atoms with Gasteiger partial charge in [0.25, 0.3) is 0 Å². The number of allylic oxidation sites excluding steroid dienone is 2. The first-order valence-electron chi connectivity index (χ1n) is 23.7.